The Balaban J connectivity index is 2.52. The SMILES string of the molecule is C=CCC1(C(N)=O)CC1. The molecule has 0 radical (unpaired) electrons. The number of amides is 1. The van der Waals surface area contributed by atoms with Gasteiger partial charge >= 0.3 is 0 Å². The van der Waals surface area contributed by atoms with Crippen molar-refractivity contribution in [2.45, 2.75) is 19.3 Å². The van der Waals surface area contributed by atoms with Gasteiger partial charge in [0.2, 0.25) is 5.91 Å². The number of hydrogen-bond acceptors (Lipinski definition) is 1. The van der Waals surface area contributed by atoms with Crippen LogP contribution in [0.3, 0.4) is 0 Å². The molecule has 0 aromatic carbocycles. The molecular formula is C7H11NO. The number of hydrogen-bond donors (Lipinski definition) is 1. The van der Waals surface area contributed by atoms with Gasteiger partial charge < -0.3 is 5.73 Å². The number of carbonyl (C=O) groups is 1. The minimum atomic E-state index is -0.179. The summed E-state index contributed by atoms with van der Waals surface area (Å²) in [6.07, 6.45) is 4.42. The normalized spacial score (nSPS) is 20.9. The molecule has 1 aliphatic carbocycles. The number of primary amides is 1. The van der Waals surface area contributed by atoms with Crippen LogP contribution in [0.2, 0.25) is 0 Å². The summed E-state index contributed by atoms with van der Waals surface area (Å²) in [5, 5.41) is 0. The quantitative estimate of drug-likeness (QED) is 0.558. The molecule has 2 heteroatoms. The molecule has 1 fully saturated rings. The second-order valence-electron chi connectivity index (χ2n) is 2.64. The lowest BCUT2D eigenvalue weighted by molar-refractivity contribution is -0.122. The van der Waals surface area contributed by atoms with E-state index < -0.39 is 0 Å². The van der Waals surface area contributed by atoms with Crippen molar-refractivity contribution in [3.8, 4) is 0 Å². The highest BCUT2D eigenvalue weighted by Gasteiger charge is 2.46. The molecule has 0 spiro atoms. The predicted octanol–water partition coefficient (Wildman–Crippen LogP) is 0.828. The molecule has 50 valence electrons. The summed E-state index contributed by atoms with van der Waals surface area (Å²) in [6.45, 7) is 3.56. The molecule has 0 aromatic heterocycles. The van der Waals surface area contributed by atoms with Crippen LogP contribution in [0.25, 0.3) is 0 Å². The monoisotopic (exact) mass is 125 g/mol. The van der Waals surface area contributed by atoms with E-state index in [4.69, 9.17) is 5.73 Å². The zero-order chi connectivity index (χ0) is 6.91. The minimum Gasteiger partial charge on any atom is -0.369 e. The van der Waals surface area contributed by atoms with Gasteiger partial charge in [-0.25, -0.2) is 0 Å². The lowest BCUT2D eigenvalue weighted by atomic mass is 10.0. The number of rotatable bonds is 3. The van der Waals surface area contributed by atoms with Crippen molar-refractivity contribution in [1.82, 2.24) is 0 Å². The van der Waals surface area contributed by atoms with Gasteiger partial charge in [-0.2, -0.15) is 0 Å². The van der Waals surface area contributed by atoms with E-state index in [0.29, 0.717) is 0 Å². The van der Waals surface area contributed by atoms with E-state index in [0.717, 1.165) is 19.3 Å². The third kappa shape index (κ3) is 0.969. The van der Waals surface area contributed by atoms with Crippen LogP contribution in [0.5, 0.6) is 0 Å². The summed E-state index contributed by atoms with van der Waals surface area (Å²) in [5.74, 6) is -0.164. The predicted molar refractivity (Wildman–Crippen MR) is 35.7 cm³/mol. The van der Waals surface area contributed by atoms with Crippen molar-refractivity contribution in [2.75, 3.05) is 0 Å². The largest absolute Gasteiger partial charge is 0.369 e. The average molecular weight is 125 g/mol. The molecule has 0 bridgehead atoms. The third-order valence-electron chi connectivity index (χ3n) is 1.91. The molecule has 0 aromatic rings. The van der Waals surface area contributed by atoms with Gasteiger partial charge in [0.25, 0.3) is 0 Å². The Morgan fingerprint density at radius 2 is 2.33 bits per heavy atom. The van der Waals surface area contributed by atoms with Crippen molar-refractivity contribution in [2.24, 2.45) is 11.1 Å². The summed E-state index contributed by atoms with van der Waals surface area (Å²) in [6, 6.07) is 0. The molecule has 0 aliphatic heterocycles. The number of allylic oxidation sites excluding steroid dienone is 1. The van der Waals surface area contributed by atoms with Crippen LogP contribution >= 0.6 is 0 Å². The number of nitrogens with two attached hydrogens (primary N) is 1. The molecule has 9 heavy (non-hydrogen) atoms. The summed E-state index contributed by atoms with van der Waals surface area (Å²) >= 11 is 0. The molecular weight excluding hydrogens is 114 g/mol. The van der Waals surface area contributed by atoms with Crippen LogP contribution in [-0.4, -0.2) is 5.91 Å². The van der Waals surface area contributed by atoms with Crippen LogP contribution in [0.4, 0.5) is 0 Å². The fourth-order valence-corrected chi connectivity index (χ4v) is 0.978. The van der Waals surface area contributed by atoms with Crippen molar-refractivity contribution in [3.63, 3.8) is 0 Å². The summed E-state index contributed by atoms with van der Waals surface area (Å²) < 4.78 is 0. The van der Waals surface area contributed by atoms with Gasteiger partial charge in [0.15, 0.2) is 0 Å². The van der Waals surface area contributed by atoms with E-state index in [1.54, 1.807) is 6.08 Å². The van der Waals surface area contributed by atoms with E-state index >= 15 is 0 Å². The highest BCUT2D eigenvalue weighted by atomic mass is 16.1. The van der Waals surface area contributed by atoms with Crippen molar-refractivity contribution < 1.29 is 4.79 Å². The van der Waals surface area contributed by atoms with Crippen molar-refractivity contribution >= 4 is 5.91 Å². The molecule has 0 saturated heterocycles. The maximum atomic E-state index is 10.6. The van der Waals surface area contributed by atoms with Crippen LogP contribution in [0, 0.1) is 5.41 Å². The average Bonchev–Trinajstić information content (AvgIpc) is 2.49. The summed E-state index contributed by atoms with van der Waals surface area (Å²) in [4.78, 5) is 10.6. The first-order valence-electron chi connectivity index (χ1n) is 3.12. The van der Waals surface area contributed by atoms with E-state index in [1.807, 2.05) is 0 Å². The molecule has 2 nitrogen and oxygen atoms in total. The Hall–Kier alpha value is -0.790. The minimum absolute atomic E-state index is 0.164. The lowest BCUT2D eigenvalue weighted by Crippen LogP contribution is -2.23. The Morgan fingerprint density at radius 1 is 1.78 bits per heavy atom. The molecule has 0 heterocycles. The zero-order valence-corrected chi connectivity index (χ0v) is 5.39. The second-order valence-corrected chi connectivity index (χ2v) is 2.64. The highest BCUT2D eigenvalue weighted by Crippen LogP contribution is 2.48. The first-order chi connectivity index (χ1) is 4.21. The van der Waals surface area contributed by atoms with E-state index in [-0.39, 0.29) is 11.3 Å². The smallest absolute Gasteiger partial charge is 0.223 e. The van der Waals surface area contributed by atoms with Crippen molar-refractivity contribution in [3.05, 3.63) is 12.7 Å². The van der Waals surface area contributed by atoms with E-state index in [9.17, 15) is 4.79 Å². The first-order valence-corrected chi connectivity index (χ1v) is 3.12. The van der Waals surface area contributed by atoms with Gasteiger partial charge in [-0.3, -0.25) is 4.79 Å². The molecule has 1 rings (SSSR count). The van der Waals surface area contributed by atoms with E-state index in [2.05, 4.69) is 6.58 Å². The highest BCUT2D eigenvalue weighted by molar-refractivity contribution is 5.83. The van der Waals surface area contributed by atoms with Gasteiger partial charge in [-0.15, -0.1) is 6.58 Å². The molecule has 0 unspecified atom stereocenters. The maximum absolute atomic E-state index is 10.6. The van der Waals surface area contributed by atoms with Gasteiger partial charge in [0, 0.05) is 0 Å². The fraction of sp³-hybridized carbons (Fsp3) is 0.571. The van der Waals surface area contributed by atoms with Crippen LogP contribution < -0.4 is 5.73 Å². The zero-order valence-electron chi connectivity index (χ0n) is 5.39. The Labute approximate surface area is 54.7 Å². The van der Waals surface area contributed by atoms with Crippen LogP contribution in [-0.2, 0) is 4.79 Å². The second kappa shape index (κ2) is 1.87. The maximum Gasteiger partial charge on any atom is 0.223 e. The summed E-state index contributed by atoms with van der Waals surface area (Å²) in [7, 11) is 0. The molecule has 1 amide bonds. The Kier molecular flexibility index (Phi) is 1.31. The lowest BCUT2D eigenvalue weighted by Gasteiger charge is -2.04. The Morgan fingerprint density at radius 3 is 2.44 bits per heavy atom. The van der Waals surface area contributed by atoms with Crippen LogP contribution in [0.1, 0.15) is 19.3 Å². The number of carbonyl (C=O) groups excluding carboxylic acids is 1. The molecule has 1 saturated carbocycles. The first kappa shape index (κ1) is 6.33. The van der Waals surface area contributed by atoms with Gasteiger partial charge in [0.1, 0.15) is 0 Å². The fourth-order valence-electron chi connectivity index (χ4n) is 0.978. The van der Waals surface area contributed by atoms with Crippen molar-refractivity contribution in [1.29, 1.82) is 0 Å². The van der Waals surface area contributed by atoms with Crippen LogP contribution in [0.15, 0.2) is 12.7 Å². The molecule has 2 N–H and O–H groups in total. The van der Waals surface area contributed by atoms with Gasteiger partial charge in [-0.05, 0) is 19.3 Å². The van der Waals surface area contributed by atoms with E-state index in [1.165, 1.54) is 0 Å². The third-order valence-corrected chi connectivity index (χ3v) is 1.91. The standard InChI is InChI=1S/C7H11NO/c1-2-3-7(4-5-7)6(8)9/h2H,1,3-5H2,(H2,8,9). The van der Waals surface area contributed by atoms with Gasteiger partial charge in [0.05, 0.1) is 5.41 Å². The Bertz CT molecular complexity index is 147. The summed E-state index contributed by atoms with van der Waals surface area (Å²) in [5.41, 5.74) is 4.95. The topological polar surface area (TPSA) is 43.1 Å². The van der Waals surface area contributed by atoms with Gasteiger partial charge in [-0.1, -0.05) is 6.08 Å². The molecule has 1 aliphatic rings. The molecule has 0 atom stereocenters.